The first-order valence-corrected chi connectivity index (χ1v) is 8.60. The Morgan fingerprint density at radius 3 is 2.52 bits per heavy atom. The molecule has 0 atom stereocenters. The van der Waals surface area contributed by atoms with Crippen LogP contribution in [0.25, 0.3) is 0 Å². The van der Waals surface area contributed by atoms with Gasteiger partial charge < -0.3 is 20.1 Å². The lowest BCUT2D eigenvalue weighted by molar-refractivity contribution is 0.405. The van der Waals surface area contributed by atoms with E-state index in [9.17, 15) is 0 Å². The summed E-state index contributed by atoms with van der Waals surface area (Å²) in [7, 11) is 3.19. The number of benzene rings is 2. The van der Waals surface area contributed by atoms with Gasteiger partial charge in [-0.25, -0.2) is 0 Å². The van der Waals surface area contributed by atoms with Crippen LogP contribution in [0.4, 0.5) is 23.1 Å². The first kappa shape index (κ1) is 18.7. The van der Waals surface area contributed by atoms with E-state index >= 15 is 0 Å². The Labute approximate surface area is 162 Å². The highest BCUT2D eigenvalue weighted by Crippen LogP contribution is 2.32. The topological polar surface area (TPSA) is 81.2 Å². The van der Waals surface area contributed by atoms with Crippen LogP contribution in [-0.2, 0) is 0 Å². The van der Waals surface area contributed by atoms with Crippen molar-refractivity contribution in [3.05, 3.63) is 52.7 Å². The van der Waals surface area contributed by atoms with Gasteiger partial charge in [-0.2, -0.15) is 10.1 Å². The summed E-state index contributed by atoms with van der Waals surface area (Å²) in [4.78, 5) is 4.45. The molecule has 0 spiro atoms. The molecule has 3 aromatic rings. The Hall–Kier alpha value is -3.06. The SMILES string of the molecule is COc1ccc(OC)c(Nc2nncc(Nc3c(C)cc(C)cc3Cl)n2)c1. The van der Waals surface area contributed by atoms with Crippen LogP contribution < -0.4 is 20.1 Å². The van der Waals surface area contributed by atoms with Crippen molar-refractivity contribution in [3.8, 4) is 11.5 Å². The highest BCUT2D eigenvalue weighted by molar-refractivity contribution is 6.33. The van der Waals surface area contributed by atoms with Gasteiger partial charge in [0.2, 0.25) is 5.95 Å². The number of hydrogen-bond donors (Lipinski definition) is 2. The molecule has 2 N–H and O–H groups in total. The maximum atomic E-state index is 6.35. The summed E-state index contributed by atoms with van der Waals surface area (Å²) in [6.07, 6.45) is 1.53. The van der Waals surface area contributed by atoms with Gasteiger partial charge in [-0.05, 0) is 43.2 Å². The lowest BCUT2D eigenvalue weighted by atomic mass is 10.1. The number of aryl methyl sites for hydroxylation is 2. The molecule has 3 rings (SSSR count). The van der Waals surface area contributed by atoms with Crippen LogP contribution in [0.3, 0.4) is 0 Å². The van der Waals surface area contributed by atoms with Crippen molar-refractivity contribution in [2.24, 2.45) is 0 Å². The molecule has 0 aliphatic rings. The Morgan fingerprint density at radius 2 is 1.81 bits per heavy atom. The van der Waals surface area contributed by atoms with E-state index in [1.54, 1.807) is 26.4 Å². The maximum absolute atomic E-state index is 6.35. The molecule has 0 saturated carbocycles. The van der Waals surface area contributed by atoms with Crippen molar-refractivity contribution in [1.82, 2.24) is 15.2 Å². The second-order valence-corrected chi connectivity index (χ2v) is 6.33. The fourth-order valence-electron chi connectivity index (χ4n) is 2.65. The lowest BCUT2D eigenvalue weighted by Gasteiger charge is -2.13. The van der Waals surface area contributed by atoms with E-state index in [1.165, 1.54) is 6.20 Å². The zero-order valence-corrected chi connectivity index (χ0v) is 16.3. The predicted octanol–water partition coefficient (Wildman–Crippen LogP) is 4.65. The quantitative estimate of drug-likeness (QED) is 0.639. The van der Waals surface area contributed by atoms with Crippen molar-refractivity contribution >= 4 is 34.7 Å². The summed E-state index contributed by atoms with van der Waals surface area (Å²) in [6.45, 7) is 3.98. The number of ether oxygens (including phenoxy) is 2. The molecule has 0 unspecified atom stereocenters. The Bertz CT molecular complexity index is 942. The van der Waals surface area contributed by atoms with Gasteiger partial charge >= 0.3 is 0 Å². The van der Waals surface area contributed by atoms with Crippen LogP contribution >= 0.6 is 11.6 Å². The molecule has 2 aromatic carbocycles. The van der Waals surface area contributed by atoms with Crippen molar-refractivity contribution in [1.29, 1.82) is 0 Å². The zero-order valence-electron chi connectivity index (χ0n) is 15.5. The van der Waals surface area contributed by atoms with Gasteiger partial charge in [0.1, 0.15) is 11.5 Å². The van der Waals surface area contributed by atoms with Crippen LogP contribution in [0.5, 0.6) is 11.5 Å². The predicted molar refractivity (Wildman–Crippen MR) is 107 cm³/mol. The standard InChI is InChI=1S/C19H20ClN5O2/c1-11-7-12(2)18(14(20)8-11)23-17-10-21-25-19(24-17)22-15-9-13(26-3)5-6-16(15)27-4/h5-10H,1-4H3,(H2,22,23,24,25). The minimum Gasteiger partial charge on any atom is -0.497 e. The molecular formula is C19H20ClN5O2. The second kappa shape index (κ2) is 8.09. The van der Waals surface area contributed by atoms with Gasteiger partial charge in [0.15, 0.2) is 5.82 Å². The monoisotopic (exact) mass is 385 g/mol. The lowest BCUT2D eigenvalue weighted by Crippen LogP contribution is -2.04. The number of halogens is 1. The molecule has 140 valence electrons. The van der Waals surface area contributed by atoms with E-state index in [1.807, 2.05) is 32.0 Å². The van der Waals surface area contributed by atoms with Crippen LogP contribution in [0.2, 0.25) is 5.02 Å². The number of anilines is 4. The number of hydrogen-bond acceptors (Lipinski definition) is 7. The molecule has 0 aliphatic carbocycles. The third-order valence-corrected chi connectivity index (χ3v) is 4.19. The number of rotatable bonds is 6. The Morgan fingerprint density at radius 1 is 1.00 bits per heavy atom. The van der Waals surface area contributed by atoms with E-state index in [0.717, 1.165) is 16.8 Å². The van der Waals surface area contributed by atoms with Crippen molar-refractivity contribution in [3.63, 3.8) is 0 Å². The van der Waals surface area contributed by atoms with E-state index in [0.29, 0.717) is 34.0 Å². The van der Waals surface area contributed by atoms with Crippen molar-refractivity contribution in [2.45, 2.75) is 13.8 Å². The molecule has 27 heavy (non-hydrogen) atoms. The van der Waals surface area contributed by atoms with Crippen LogP contribution in [-0.4, -0.2) is 29.4 Å². The molecule has 0 fully saturated rings. The number of aromatic nitrogens is 3. The fourth-order valence-corrected chi connectivity index (χ4v) is 3.02. The summed E-state index contributed by atoms with van der Waals surface area (Å²) >= 11 is 6.35. The summed E-state index contributed by atoms with van der Waals surface area (Å²) in [6, 6.07) is 9.34. The molecule has 1 heterocycles. The largest absolute Gasteiger partial charge is 0.497 e. The van der Waals surface area contributed by atoms with E-state index in [2.05, 4.69) is 25.8 Å². The first-order valence-electron chi connectivity index (χ1n) is 8.22. The number of nitrogens with zero attached hydrogens (tertiary/aromatic N) is 3. The van der Waals surface area contributed by atoms with Crippen LogP contribution in [0.15, 0.2) is 36.5 Å². The van der Waals surface area contributed by atoms with Crippen LogP contribution in [0, 0.1) is 13.8 Å². The van der Waals surface area contributed by atoms with Gasteiger partial charge in [0, 0.05) is 6.07 Å². The minimum absolute atomic E-state index is 0.312. The summed E-state index contributed by atoms with van der Waals surface area (Å²) in [5.41, 5.74) is 3.56. The highest BCUT2D eigenvalue weighted by atomic mass is 35.5. The second-order valence-electron chi connectivity index (χ2n) is 5.92. The first-order chi connectivity index (χ1) is 13.0. The normalized spacial score (nSPS) is 10.4. The van der Waals surface area contributed by atoms with Gasteiger partial charge in [0.05, 0.1) is 36.8 Å². The smallest absolute Gasteiger partial charge is 0.249 e. The van der Waals surface area contributed by atoms with Gasteiger partial charge in [-0.15, -0.1) is 5.10 Å². The summed E-state index contributed by atoms with van der Waals surface area (Å²) in [5, 5.41) is 14.9. The summed E-state index contributed by atoms with van der Waals surface area (Å²) in [5.74, 6) is 2.15. The minimum atomic E-state index is 0.312. The van der Waals surface area contributed by atoms with Crippen LogP contribution in [0.1, 0.15) is 11.1 Å². The Balaban J connectivity index is 1.87. The van der Waals surface area contributed by atoms with Crippen molar-refractivity contribution < 1.29 is 9.47 Å². The van der Waals surface area contributed by atoms with Gasteiger partial charge in [-0.1, -0.05) is 17.7 Å². The zero-order chi connectivity index (χ0) is 19.4. The average Bonchev–Trinajstić information content (AvgIpc) is 2.65. The highest BCUT2D eigenvalue weighted by Gasteiger charge is 2.10. The molecule has 7 nitrogen and oxygen atoms in total. The third-order valence-electron chi connectivity index (χ3n) is 3.90. The third kappa shape index (κ3) is 4.38. The number of nitrogens with one attached hydrogen (secondary N) is 2. The van der Waals surface area contributed by atoms with Crippen molar-refractivity contribution in [2.75, 3.05) is 24.9 Å². The van der Waals surface area contributed by atoms with Gasteiger partial charge in [0.25, 0.3) is 0 Å². The molecule has 8 heteroatoms. The molecule has 1 aromatic heterocycles. The molecule has 0 saturated heterocycles. The van der Waals surface area contributed by atoms with E-state index < -0.39 is 0 Å². The summed E-state index contributed by atoms with van der Waals surface area (Å²) < 4.78 is 10.6. The average molecular weight is 386 g/mol. The number of methoxy groups -OCH3 is 2. The molecule has 0 bridgehead atoms. The molecule has 0 aliphatic heterocycles. The molecule has 0 radical (unpaired) electrons. The fraction of sp³-hybridized carbons (Fsp3) is 0.211. The maximum Gasteiger partial charge on any atom is 0.249 e. The van der Waals surface area contributed by atoms with Gasteiger partial charge in [-0.3, -0.25) is 0 Å². The molecular weight excluding hydrogens is 366 g/mol. The molecule has 0 amide bonds. The Kier molecular flexibility index (Phi) is 5.61. The van der Waals surface area contributed by atoms with E-state index in [-0.39, 0.29) is 0 Å². The van der Waals surface area contributed by atoms with E-state index in [4.69, 9.17) is 21.1 Å².